The first-order valence-electron chi connectivity index (χ1n) is 8.44. The molecule has 3 rings (SSSR count). The Morgan fingerprint density at radius 2 is 1.88 bits per heavy atom. The molecule has 1 amide bonds. The van der Waals surface area contributed by atoms with Crippen molar-refractivity contribution in [2.24, 2.45) is 5.92 Å². The molecule has 1 aromatic carbocycles. The van der Waals surface area contributed by atoms with Crippen LogP contribution in [0, 0.1) is 5.92 Å². The molecule has 0 spiro atoms. The zero-order valence-electron chi connectivity index (χ0n) is 13.9. The SMILES string of the molecule is CC1CCN(C(=O)CC(C(=O)O)c2ccc3c(c2)OCCO3)CC1. The van der Waals surface area contributed by atoms with Gasteiger partial charge < -0.3 is 19.5 Å². The van der Waals surface area contributed by atoms with Gasteiger partial charge in [-0.15, -0.1) is 0 Å². The summed E-state index contributed by atoms with van der Waals surface area (Å²) in [4.78, 5) is 26.0. The summed E-state index contributed by atoms with van der Waals surface area (Å²) in [5, 5.41) is 9.58. The summed E-state index contributed by atoms with van der Waals surface area (Å²) < 4.78 is 11.0. The van der Waals surface area contributed by atoms with Crippen molar-refractivity contribution in [1.29, 1.82) is 0 Å². The largest absolute Gasteiger partial charge is 0.486 e. The number of carbonyl (C=O) groups is 2. The Balaban J connectivity index is 1.73. The number of carbonyl (C=O) groups excluding carboxylic acids is 1. The summed E-state index contributed by atoms with van der Waals surface area (Å²) in [6, 6.07) is 5.10. The number of nitrogens with zero attached hydrogens (tertiary/aromatic N) is 1. The van der Waals surface area contributed by atoms with Crippen molar-refractivity contribution in [3.05, 3.63) is 23.8 Å². The Labute approximate surface area is 141 Å². The first kappa shape index (κ1) is 16.6. The first-order chi connectivity index (χ1) is 11.5. The Hall–Kier alpha value is -2.24. The first-order valence-corrected chi connectivity index (χ1v) is 8.44. The number of rotatable bonds is 4. The summed E-state index contributed by atoms with van der Waals surface area (Å²) in [5.74, 6) is -0.167. The number of hydrogen-bond donors (Lipinski definition) is 1. The minimum atomic E-state index is -0.995. The number of carboxylic acids is 1. The van der Waals surface area contributed by atoms with Crippen LogP contribution in [-0.2, 0) is 9.59 Å². The van der Waals surface area contributed by atoms with Crippen LogP contribution in [0.5, 0.6) is 11.5 Å². The molecule has 1 N–H and O–H groups in total. The molecule has 2 heterocycles. The van der Waals surface area contributed by atoms with E-state index >= 15 is 0 Å². The molecular weight excluding hydrogens is 310 g/mol. The van der Waals surface area contributed by atoms with Gasteiger partial charge in [0, 0.05) is 19.5 Å². The Bertz CT molecular complexity index is 622. The zero-order valence-corrected chi connectivity index (χ0v) is 13.9. The minimum Gasteiger partial charge on any atom is -0.486 e. The van der Waals surface area contributed by atoms with Crippen LogP contribution in [0.1, 0.15) is 37.7 Å². The van der Waals surface area contributed by atoms with Crippen LogP contribution in [0.3, 0.4) is 0 Å². The normalized spacial score (nSPS) is 19.0. The number of fused-ring (bicyclic) bond motifs is 1. The van der Waals surface area contributed by atoms with E-state index < -0.39 is 11.9 Å². The predicted octanol–water partition coefficient (Wildman–Crippen LogP) is 2.27. The van der Waals surface area contributed by atoms with Gasteiger partial charge in [0.15, 0.2) is 11.5 Å². The second-order valence-corrected chi connectivity index (χ2v) is 6.56. The van der Waals surface area contributed by atoms with Gasteiger partial charge in [-0.2, -0.15) is 0 Å². The summed E-state index contributed by atoms with van der Waals surface area (Å²) in [6.45, 7) is 4.54. The lowest BCUT2D eigenvalue weighted by atomic mass is 9.93. The number of piperidine rings is 1. The molecule has 0 bridgehead atoms. The van der Waals surface area contributed by atoms with Gasteiger partial charge in [0.2, 0.25) is 5.91 Å². The maximum absolute atomic E-state index is 12.5. The van der Waals surface area contributed by atoms with Crippen molar-refractivity contribution in [3.63, 3.8) is 0 Å². The molecule has 0 saturated carbocycles. The monoisotopic (exact) mass is 333 g/mol. The maximum Gasteiger partial charge on any atom is 0.311 e. The van der Waals surface area contributed by atoms with Crippen molar-refractivity contribution < 1.29 is 24.2 Å². The third kappa shape index (κ3) is 3.63. The fourth-order valence-corrected chi connectivity index (χ4v) is 3.19. The van der Waals surface area contributed by atoms with E-state index in [4.69, 9.17) is 9.47 Å². The minimum absolute atomic E-state index is 0.0244. The highest BCUT2D eigenvalue weighted by Crippen LogP contribution is 2.34. The topological polar surface area (TPSA) is 76.1 Å². The highest BCUT2D eigenvalue weighted by Gasteiger charge is 2.29. The molecule has 1 fully saturated rings. The molecule has 24 heavy (non-hydrogen) atoms. The van der Waals surface area contributed by atoms with E-state index in [2.05, 4.69) is 6.92 Å². The molecule has 2 aliphatic rings. The summed E-state index contributed by atoms with van der Waals surface area (Å²) in [6.07, 6.45) is 1.93. The summed E-state index contributed by atoms with van der Waals surface area (Å²) in [7, 11) is 0. The second-order valence-electron chi connectivity index (χ2n) is 6.56. The molecule has 0 aliphatic carbocycles. The number of aliphatic carboxylic acids is 1. The van der Waals surface area contributed by atoms with Crippen LogP contribution in [0.25, 0.3) is 0 Å². The van der Waals surface area contributed by atoms with Gasteiger partial charge in [0.05, 0.1) is 5.92 Å². The van der Waals surface area contributed by atoms with Crippen LogP contribution in [0.4, 0.5) is 0 Å². The molecule has 130 valence electrons. The van der Waals surface area contributed by atoms with Crippen molar-refractivity contribution in [2.75, 3.05) is 26.3 Å². The smallest absolute Gasteiger partial charge is 0.311 e. The van der Waals surface area contributed by atoms with Gasteiger partial charge in [-0.25, -0.2) is 0 Å². The molecule has 1 aromatic rings. The summed E-state index contributed by atoms with van der Waals surface area (Å²) >= 11 is 0. The molecule has 0 aromatic heterocycles. The number of carboxylic acid groups (broad SMARTS) is 1. The van der Waals surface area contributed by atoms with Crippen LogP contribution < -0.4 is 9.47 Å². The van der Waals surface area contributed by atoms with Crippen molar-refractivity contribution in [1.82, 2.24) is 4.90 Å². The highest BCUT2D eigenvalue weighted by molar-refractivity contribution is 5.86. The van der Waals surface area contributed by atoms with E-state index in [-0.39, 0.29) is 12.3 Å². The van der Waals surface area contributed by atoms with E-state index in [0.717, 1.165) is 12.8 Å². The lowest BCUT2D eigenvalue weighted by molar-refractivity contribution is -0.143. The van der Waals surface area contributed by atoms with E-state index in [0.29, 0.717) is 49.3 Å². The molecule has 2 aliphatic heterocycles. The van der Waals surface area contributed by atoms with Gasteiger partial charge in [-0.3, -0.25) is 9.59 Å². The maximum atomic E-state index is 12.5. The highest BCUT2D eigenvalue weighted by atomic mass is 16.6. The van der Waals surface area contributed by atoms with E-state index in [9.17, 15) is 14.7 Å². The quantitative estimate of drug-likeness (QED) is 0.915. The average Bonchev–Trinajstić information content (AvgIpc) is 2.59. The van der Waals surface area contributed by atoms with Gasteiger partial charge >= 0.3 is 5.97 Å². The molecule has 0 radical (unpaired) electrons. The zero-order chi connectivity index (χ0) is 17.1. The van der Waals surface area contributed by atoms with Gasteiger partial charge in [-0.1, -0.05) is 13.0 Å². The van der Waals surface area contributed by atoms with Crippen molar-refractivity contribution in [2.45, 2.75) is 32.1 Å². The fourth-order valence-electron chi connectivity index (χ4n) is 3.19. The lowest BCUT2D eigenvalue weighted by Crippen LogP contribution is -2.39. The lowest BCUT2D eigenvalue weighted by Gasteiger charge is -2.31. The van der Waals surface area contributed by atoms with Crippen LogP contribution >= 0.6 is 0 Å². The fraction of sp³-hybridized carbons (Fsp3) is 0.556. The van der Waals surface area contributed by atoms with Crippen molar-refractivity contribution in [3.8, 4) is 11.5 Å². The number of hydrogen-bond acceptors (Lipinski definition) is 4. The van der Waals surface area contributed by atoms with E-state index in [1.54, 1.807) is 23.1 Å². The standard InChI is InChI=1S/C18H23NO5/c1-12-4-6-19(7-5-12)17(20)11-14(18(21)22)13-2-3-15-16(10-13)24-9-8-23-15/h2-3,10,12,14H,4-9,11H2,1H3,(H,21,22). The van der Waals surface area contributed by atoms with Crippen LogP contribution in [0.15, 0.2) is 18.2 Å². The number of benzene rings is 1. The molecule has 1 unspecified atom stereocenters. The van der Waals surface area contributed by atoms with Gasteiger partial charge in [-0.05, 0) is 36.5 Å². The van der Waals surface area contributed by atoms with Crippen molar-refractivity contribution >= 4 is 11.9 Å². The second kappa shape index (κ2) is 7.11. The predicted molar refractivity (Wildman–Crippen MR) is 87.4 cm³/mol. The van der Waals surface area contributed by atoms with Crippen LogP contribution in [0.2, 0.25) is 0 Å². The Morgan fingerprint density at radius 3 is 2.54 bits per heavy atom. The third-order valence-corrected chi connectivity index (χ3v) is 4.78. The Morgan fingerprint density at radius 1 is 1.21 bits per heavy atom. The van der Waals surface area contributed by atoms with E-state index in [1.165, 1.54) is 0 Å². The van der Waals surface area contributed by atoms with Gasteiger partial charge in [0.1, 0.15) is 13.2 Å². The molecule has 1 atom stereocenters. The Kier molecular flexibility index (Phi) is 4.92. The third-order valence-electron chi connectivity index (χ3n) is 4.78. The molecule has 6 heteroatoms. The van der Waals surface area contributed by atoms with Crippen LogP contribution in [-0.4, -0.2) is 48.2 Å². The molecule has 6 nitrogen and oxygen atoms in total. The van der Waals surface area contributed by atoms with Gasteiger partial charge in [0.25, 0.3) is 0 Å². The van der Waals surface area contributed by atoms with E-state index in [1.807, 2.05) is 0 Å². The number of amides is 1. The summed E-state index contributed by atoms with van der Waals surface area (Å²) in [5.41, 5.74) is 0.575. The average molecular weight is 333 g/mol. The molecular formula is C18H23NO5. The number of likely N-dealkylation sites (tertiary alicyclic amines) is 1. The molecule has 1 saturated heterocycles. The number of ether oxygens (including phenoxy) is 2.